The van der Waals surface area contributed by atoms with Crippen molar-refractivity contribution in [1.82, 2.24) is 15.6 Å². The molecule has 4 rings (SSSR count). The summed E-state index contributed by atoms with van der Waals surface area (Å²) in [5.74, 6) is 1.99. The van der Waals surface area contributed by atoms with Crippen LogP contribution in [0.15, 0.2) is 70.3 Å². The minimum Gasteiger partial charge on any atom is -0.444 e. The lowest BCUT2D eigenvalue weighted by Crippen LogP contribution is -2.38. The van der Waals surface area contributed by atoms with Gasteiger partial charge in [-0.25, -0.2) is 4.98 Å². The number of hydrogen-bond acceptors (Lipinski definition) is 3. The summed E-state index contributed by atoms with van der Waals surface area (Å²) in [5, 5.41) is 6.83. The number of nitrogens with zero attached hydrogens (tertiary/aromatic N) is 2. The highest BCUT2D eigenvalue weighted by atomic mass is 127. The molecule has 0 saturated heterocycles. The minimum absolute atomic E-state index is 0. The first-order valence-corrected chi connectivity index (χ1v) is 9.27. The van der Waals surface area contributed by atoms with E-state index in [2.05, 4.69) is 51.8 Å². The number of nitrogens with one attached hydrogen (secondary N) is 2. The Morgan fingerprint density at radius 1 is 1.14 bits per heavy atom. The molecule has 0 radical (unpaired) electrons. The van der Waals surface area contributed by atoms with E-state index in [4.69, 9.17) is 4.42 Å². The number of halogens is 1. The Morgan fingerprint density at radius 2 is 1.89 bits per heavy atom. The Morgan fingerprint density at radius 3 is 2.64 bits per heavy atom. The Bertz CT molecular complexity index is 938. The van der Waals surface area contributed by atoms with Crippen molar-refractivity contribution in [2.45, 2.75) is 31.8 Å². The van der Waals surface area contributed by atoms with Crippen LogP contribution in [0, 0.1) is 6.92 Å². The van der Waals surface area contributed by atoms with Gasteiger partial charge in [-0.2, -0.15) is 0 Å². The number of aryl methyl sites for hydroxylation is 1. The van der Waals surface area contributed by atoms with Crippen molar-refractivity contribution < 1.29 is 4.42 Å². The van der Waals surface area contributed by atoms with Crippen molar-refractivity contribution in [1.29, 1.82) is 0 Å². The molecule has 0 bridgehead atoms. The molecule has 1 aliphatic rings. The van der Waals surface area contributed by atoms with Crippen molar-refractivity contribution in [3.63, 3.8) is 0 Å². The Labute approximate surface area is 182 Å². The maximum absolute atomic E-state index is 5.59. The van der Waals surface area contributed by atoms with E-state index in [1.54, 1.807) is 13.3 Å². The average Bonchev–Trinajstić information content (AvgIpc) is 3.30. The first-order valence-electron chi connectivity index (χ1n) is 9.27. The largest absolute Gasteiger partial charge is 0.444 e. The number of aromatic nitrogens is 1. The molecule has 2 atom stereocenters. The predicted octanol–water partition coefficient (Wildman–Crippen LogP) is 4.49. The fourth-order valence-corrected chi connectivity index (χ4v) is 3.35. The number of oxazole rings is 1. The van der Waals surface area contributed by atoms with E-state index in [-0.39, 0.29) is 24.0 Å². The molecule has 2 N–H and O–H groups in total. The summed E-state index contributed by atoms with van der Waals surface area (Å²) in [6.45, 7) is 2.74. The van der Waals surface area contributed by atoms with Gasteiger partial charge in [0.15, 0.2) is 5.96 Å². The van der Waals surface area contributed by atoms with Gasteiger partial charge in [0.2, 0.25) is 5.89 Å². The second kappa shape index (κ2) is 9.23. The maximum atomic E-state index is 5.59. The molecule has 6 heteroatoms. The fraction of sp³-hybridized carbons (Fsp3) is 0.273. The smallest absolute Gasteiger partial charge is 0.226 e. The van der Waals surface area contributed by atoms with Crippen LogP contribution in [0.2, 0.25) is 0 Å². The molecule has 1 aromatic heterocycles. The third-order valence-electron chi connectivity index (χ3n) is 4.93. The van der Waals surface area contributed by atoms with Crippen LogP contribution in [0.1, 0.15) is 29.2 Å². The van der Waals surface area contributed by atoms with Crippen molar-refractivity contribution in [2.75, 3.05) is 7.05 Å². The van der Waals surface area contributed by atoms with Crippen molar-refractivity contribution >= 4 is 29.9 Å². The zero-order valence-corrected chi connectivity index (χ0v) is 18.4. The van der Waals surface area contributed by atoms with E-state index in [9.17, 15) is 0 Å². The van der Waals surface area contributed by atoms with E-state index < -0.39 is 0 Å². The zero-order valence-electron chi connectivity index (χ0n) is 16.1. The minimum atomic E-state index is 0. The molecule has 1 saturated carbocycles. The summed E-state index contributed by atoms with van der Waals surface area (Å²) in [4.78, 5) is 8.88. The lowest BCUT2D eigenvalue weighted by Gasteiger charge is -2.11. The topological polar surface area (TPSA) is 62.5 Å². The number of benzene rings is 2. The quantitative estimate of drug-likeness (QED) is 0.316. The third-order valence-corrected chi connectivity index (χ3v) is 4.93. The van der Waals surface area contributed by atoms with E-state index >= 15 is 0 Å². The summed E-state index contributed by atoms with van der Waals surface area (Å²) < 4.78 is 5.59. The molecule has 1 aliphatic carbocycles. The van der Waals surface area contributed by atoms with Crippen LogP contribution < -0.4 is 10.6 Å². The van der Waals surface area contributed by atoms with Crippen molar-refractivity contribution in [3.8, 4) is 11.5 Å². The van der Waals surface area contributed by atoms with E-state index in [1.165, 1.54) is 11.1 Å². The van der Waals surface area contributed by atoms with Gasteiger partial charge in [0.05, 0.1) is 12.2 Å². The van der Waals surface area contributed by atoms with Gasteiger partial charge in [-0.3, -0.25) is 4.99 Å². The highest BCUT2D eigenvalue weighted by molar-refractivity contribution is 14.0. The van der Waals surface area contributed by atoms with Gasteiger partial charge in [0, 0.05) is 24.6 Å². The molecule has 28 heavy (non-hydrogen) atoms. The predicted molar refractivity (Wildman–Crippen MR) is 123 cm³/mol. The average molecular weight is 488 g/mol. The van der Waals surface area contributed by atoms with Gasteiger partial charge in [0.25, 0.3) is 0 Å². The SMILES string of the molecule is CN=C(NCc1coc(-c2ccccc2)n1)NC1CC1c1ccccc1C.I. The van der Waals surface area contributed by atoms with Gasteiger partial charge >= 0.3 is 0 Å². The summed E-state index contributed by atoms with van der Waals surface area (Å²) in [6, 6.07) is 18.9. The molecule has 0 spiro atoms. The van der Waals surface area contributed by atoms with Gasteiger partial charge in [-0.05, 0) is 36.6 Å². The van der Waals surface area contributed by atoms with Crippen molar-refractivity contribution in [2.24, 2.45) is 4.99 Å². The molecule has 2 aromatic carbocycles. The lowest BCUT2D eigenvalue weighted by atomic mass is 10.0. The fourth-order valence-electron chi connectivity index (χ4n) is 3.35. The highest BCUT2D eigenvalue weighted by Crippen LogP contribution is 2.42. The van der Waals surface area contributed by atoms with Crippen LogP contribution in [0.4, 0.5) is 0 Å². The van der Waals surface area contributed by atoms with Crippen LogP contribution >= 0.6 is 24.0 Å². The summed E-state index contributed by atoms with van der Waals surface area (Å²) in [6.07, 6.45) is 2.82. The van der Waals surface area contributed by atoms with Gasteiger partial charge in [0.1, 0.15) is 6.26 Å². The standard InChI is InChI=1S/C22H24N4O.HI/c1-15-8-6-7-11-18(15)19-12-20(19)26-22(23-2)24-13-17-14-27-21(25-17)16-9-4-3-5-10-16;/h3-11,14,19-20H,12-13H2,1-2H3,(H2,23,24,26);1H. The molecule has 0 aliphatic heterocycles. The number of hydrogen-bond donors (Lipinski definition) is 2. The van der Waals surface area contributed by atoms with Gasteiger partial charge in [-0.15, -0.1) is 24.0 Å². The number of guanidine groups is 1. The summed E-state index contributed by atoms with van der Waals surface area (Å²) in [5.41, 5.74) is 4.61. The third kappa shape index (κ3) is 4.73. The molecule has 2 unspecified atom stereocenters. The Hall–Kier alpha value is -2.35. The Kier molecular flexibility index (Phi) is 6.72. The molecule has 5 nitrogen and oxygen atoms in total. The van der Waals surface area contributed by atoms with Crippen LogP contribution in [-0.2, 0) is 6.54 Å². The van der Waals surface area contributed by atoms with Crippen LogP contribution in [0.3, 0.4) is 0 Å². The molecule has 1 fully saturated rings. The normalized spacial score (nSPS) is 18.3. The van der Waals surface area contributed by atoms with Crippen molar-refractivity contribution in [3.05, 3.63) is 77.7 Å². The van der Waals surface area contributed by atoms with Crippen LogP contribution in [0.5, 0.6) is 0 Å². The maximum Gasteiger partial charge on any atom is 0.226 e. The van der Waals surface area contributed by atoms with Gasteiger partial charge in [-0.1, -0.05) is 42.5 Å². The second-order valence-corrected chi connectivity index (χ2v) is 6.89. The second-order valence-electron chi connectivity index (χ2n) is 6.89. The summed E-state index contributed by atoms with van der Waals surface area (Å²) >= 11 is 0. The monoisotopic (exact) mass is 488 g/mol. The van der Waals surface area contributed by atoms with Crippen LogP contribution in [0.25, 0.3) is 11.5 Å². The van der Waals surface area contributed by atoms with E-state index in [1.807, 2.05) is 30.3 Å². The molecule has 0 amide bonds. The Balaban J connectivity index is 0.00000225. The summed E-state index contributed by atoms with van der Waals surface area (Å²) in [7, 11) is 1.79. The molecule has 3 aromatic rings. The molecular weight excluding hydrogens is 463 g/mol. The molecular formula is C22H25IN4O. The number of rotatable bonds is 5. The first kappa shape index (κ1) is 20.4. The first-order chi connectivity index (χ1) is 13.2. The number of aliphatic imine (C=N–C) groups is 1. The van der Waals surface area contributed by atoms with Crippen LogP contribution in [-0.4, -0.2) is 24.0 Å². The molecule has 1 heterocycles. The molecule has 146 valence electrons. The zero-order chi connectivity index (χ0) is 18.6. The highest BCUT2D eigenvalue weighted by Gasteiger charge is 2.39. The van der Waals surface area contributed by atoms with E-state index in [0.29, 0.717) is 24.4 Å². The van der Waals surface area contributed by atoms with Gasteiger partial charge < -0.3 is 15.1 Å². The van der Waals surface area contributed by atoms with E-state index in [0.717, 1.165) is 23.6 Å². The lowest BCUT2D eigenvalue weighted by molar-refractivity contribution is 0.572.